The van der Waals surface area contributed by atoms with Crippen molar-refractivity contribution in [3.8, 4) is 0 Å². The summed E-state index contributed by atoms with van der Waals surface area (Å²) in [4.78, 5) is 19.0. The first-order chi connectivity index (χ1) is 9.20. The van der Waals surface area contributed by atoms with Crippen LogP contribution in [0.1, 0.15) is 17.4 Å². The summed E-state index contributed by atoms with van der Waals surface area (Å²) in [6.45, 7) is 2.09. The van der Waals surface area contributed by atoms with E-state index in [-0.39, 0.29) is 0 Å². The van der Waals surface area contributed by atoms with Crippen LogP contribution in [-0.4, -0.2) is 22.5 Å². The van der Waals surface area contributed by atoms with Gasteiger partial charge >= 0.3 is 5.97 Å². The van der Waals surface area contributed by atoms with Crippen LogP contribution in [0, 0.1) is 0 Å². The molecule has 0 unspecified atom stereocenters. The number of esters is 1. The zero-order valence-electron chi connectivity index (χ0n) is 10.4. The Morgan fingerprint density at radius 1 is 1.42 bits per heavy atom. The highest BCUT2D eigenvalue weighted by atomic mass is 16.5. The molecule has 5 nitrogen and oxygen atoms in total. The third-order valence-electron chi connectivity index (χ3n) is 3.02. The number of benzene rings is 1. The number of nitrogen functional groups attached to an aromatic ring is 1. The summed E-state index contributed by atoms with van der Waals surface area (Å²) in [6, 6.07) is 7.37. The third-order valence-corrected chi connectivity index (χ3v) is 3.02. The fourth-order valence-corrected chi connectivity index (χ4v) is 2.20. The van der Waals surface area contributed by atoms with Crippen molar-refractivity contribution in [1.29, 1.82) is 0 Å². The van der Waals surface area contributed by atoms with Gasteiger partial charge in [-0.2, -0.15) is 0 Å². The Kier molecular flexibility index (Phi) is 2.59. The lowest BCUT2D eigenvalue weighted by atomic mass is 10.1. The molecule has 5 heteroatoms. The monoisotopic (exact) mass is 255 g/mol. The lowest BCUT2D eigenvalue weighted by molar-refractivity contribution is 0.0520. The summed E-state index contributed by atoms with van der Waals surface area (Å²) in [5.74, 6) is -0.423. The van der Waals surface area contributed by atoms with Gasteiger partial charge in [0.05, 0.1) is 18.3 Å². The molecule has 0 atom stereocenters. The normalized spacial score (nSPS) is 11.0. The van der Waals surface area contributed by atoms with E-state index in [2.05, 4.69) is 9.97 Å². The minimum absolute atomic E-state index is 0.290. The Morgan fingerprint density at radius 2 is 2.26 bits per heavy atom. The standard InChI is InChI=1S/C14H13N3O2/c1-2-19-14(18)11-6-8-12(7-16-11)17-10-5-3-4-9(15)13(8)10/h3-7,17H,2,15H2,1H3. The van der Waals surface area contributed by atoms with Gasteiger partial charge in [0.1, 0.15) is 5.69 Å². The topological polar surface area (TPSA) is 81.0 Å². The number of pyridine rings is 1. The highest BCUT2D eigenvalue weighted by Crippen LogP contribution is 2.29. The second-order valence-electron chi connectivity index (χ2n) is 4.23. The lowest BCUT2D eigenvalue weighted by Crippen LogP contribution is -2.06. The summed E-state index contributed by atoms with van der Waals surface area (Å²) in [5, 5.41) is 1.79. The van der Waals surface area contributed by atoms with E-state index in [1.54, 1.807) is 19.2 Å². The number of rotatable bonds is 2. The van der Waals surface area contributed by atoms with E-state index >= 15 is 0 Å². The summed E-state index contributed by atoms with van der Waals surface area (Å²) in [7, 11) is 0. The number of hydrogen-bond acceptors (Lipinski definition) is 4. The van der Waals surface area contributed by atoms with E-state index in [0.29, 0.717) is 18.0 Å². The first-order valence-electron chi connectivity index (χ1n) is 6.03. The molecule has 0 aliphatic rings. The van der Waals surface area contributed by atoms with Crippen LogP contribution in [0.15, 0.2) is 30.5 Å². The number of H-pyrrole nitrogens is 1. The molecule has 0 saturated heterocycles. The summed E-state index contributed by atoms with van der Waals surface area (Å²) < 4.78 is 4.95. The maximum atomic E-state index is 11.7. The molecule has 1 aromatic carbocycles. The Labute approximate surface area is 109 Å². The Bertz CT molecular complexity index is 777. The third kappa shape index (κ3) is 1.79. The van der Waals surface area contributed by atoms with Crippen LogP contribution in [-0.2, 0) is 4.74 Å². The molecule has 0 radical (unpaired) electrons. The maximum absolute atomic E-state index is 11.7. The van der Waals surface area contributed by atoms with Crippen molar-refractivity contribution in [2.24, 2.45) is 0 Å². The molecule has 0 aliphatic heterocycles. The van der Waals surface area contributed by atoms with Gasteiger partial charge in [0.2, 0.25) is 0 Å². The van der Waals surface area contributed by atoms with Gasteiger partial charge in [-0.15, -0.1) is 0 Å². The van der Waals surface area contributed by atoms with Crippen LogP contribution in [0.25, 0.3) is 21.8 Å². The number of aromatic amines is 1. The van der Waals surface area contributed by atoms with E-state index in [1.165, 1.54) is 0 Å². The minimum Gasteiger partial charge on any atom is -0.461 e. The highest BCUT2D eigenvalue weighted by molar-refractivity contribution is 6.13. The van der Waals surface area contributed by atoms with E-state index in [4.69, 9.17) is 10.5 Å². The summed E-state index contributed by atoms with van der Waals surface area (Å²) in [5.41, 5.74) is 8.73. The molecule has 19 heavy (non-hydrogen) atoms. The van der Waals surface area contributed by atoms with Crippen LogP contribution in [0.4, 0.5) is 5.69 Å². The van der Waals surface area contributed by atoms with Crippen molar-refractivity contribution >= 4 is 33.5 Å². The number of carbonyl (C=O) groups is 1. The number of hydrogen-bond donors (Lipinski definition) is 2. The molecule has 3 aromatic rings. The largest absolute Gasteiger partial charge is 0.461 e. The number of anilines is 1. The van der Waals surface area contributed by atoms with Crippen molar-refractivity contribution in [1.82, 2.24) is 9.97 Å². The van der Waals surface area contributed by atoms with E-state index < -0.39 is 5.97 Å². The molecular weight excluding hydrogens is 242 g/mol. The van der Waals surface area contributed by atoms with Gasteiger partial charge in [0.25, 0.3) is 0 Å². The van der Waals surface area contributed by atoms with Crippen molar-refractivity contribution in [2.75, 3.05) is 12.3 Å². The highest BCUT2D eigenvalue weighted by Gasteiger charge is 2.13. The Morgan fingerprint density at radius 3 is 3.05 bits per heavy atom. The van der Waals surface area contributed by atoms with Crippen molar-refractivity contribution in [2.45, 2.75) is 6.92 Å². The van der Waals surface area contributed by atoms with Crippen molar-refractivity contribution in [3.63, 3.8) is 0 Å². The van der Waals surface area contributed by atoms with Gasteiger partial charge in [-0.05, 0) is 25.1 Å². The number of nitrogens with zero attached hydrogens (tertiary/aromatic N) is 1. The molecule has 0 fully saturated rings. The van der Waals surface area contributed by atoms with E-state index in [9.17, 15) is 4.79 Å². The number of nitrogens with two attached hydrogens (primary N) is 1. The first-order valence-corrected chi connectivity index (χ1v) is 6.03. The van der Waals surface area contributed by atoms with Crippen LogP contribution < -0.4 is 5.73 Å². The van der Waals surface area contributed by atoms with Gasteiger partial charge in [-0.3, -0.25) is 0 Å². The lowest BCUT2D eigenvalue weighted by Gasteiger charge is -2.01. The van der Waals surface area contributed by atoms with Gasteiger partial charge in [0, 0.05) is 22.0 Å². The van der Waals surface area contributed by atoms with Crippen LogP contribution in [0.2, 0.25) is 0 Å². The molecule has 0 saturated carbocycles. The molecule has 0 amide bonds. The number of carbonyl (C=O) groups excluding carboxylic acids is 1. The Balaban J connectivity index is 2.26. The Hall–Kier alpha value is -2.56. The maximum Gasteiger partial charge on any atom is 0.356 e. The van der Waals surface area contributed by atoms with Crippen molar-refractivity contribution in [3.05, 3.63) is 36.2 Å². The number of nitrogens with one attached hydrogen (secondary N) is 1. The quantitative estimate of drug-likeness (QED) is 0.544. The smallest absolute Gasteiger partial charge is 0.356 e. The number of aromatic nitrogens is 2. The summed E-state index contributed by atoms with van der Waals surface area (Å²) in [6.07, 6.45) is 1.63. The fraction of sp³-hybridized carbons (Fsp3) is 0.143. The first kappa shape index (κ1) is 11.5. The molecule has 3 N–H and O–H groups in total. The minimum atomic E-state index is -0.423. The SMILES string of the molecule is CCOC(=O)c1cc2c(cn1)[nH]c1cccc(N)c12. The van der Waals surface area contributed by atoms with Gasteiger partial charge in [0.15, 0.2) is 0 Å². The van der Waals surface area contributed by atoms with Crippen LogP contribution in [0.3, 0.4) is 0 Å². The molecule has 0 aliphatic carbocycles. The molecule has 0 spiro atoms. The van der Waals surface area contributed by atoms with Gasteiger partial charge in [-0.1, -0.05) is 6.07 Å². The molecule has 0 bridgehead atoms. The van der Waals surface area contributed by atoms with Crippen LogP contribution in [0.5, 0.6) is 0 Å². The van der Waals surface area contributed by atoms with Crippen LogP contribution >= 0.6 is 0 Å². The number of ether oxygens (including phenoxy) is 1. The van der Waals surface area contributed by atoms with E-state index in [1.807, 2.05) is 18.2 Å². The molecule has 2 aromatic heterocycles. The van der Waals surface area contributed by atoms with E-state index in [0.717, 1.165) is 21.8 Å². The number of fused-ring (bicyclic) bond motifs is 3. The van der Waals surface area contributed by atoms with Crippen molar-refractivity contribution < 1.29 is 9.53 Å². The molecular formula is C14H13N3O2. The fourth-order valence-electron chi connectivity index (χ4n) is 2.20. The predicted molar refractivity (Wildman–Crippen MR) is 74.0 cm³/mol. The average molecular weight is 255 g/mol. The molecule has 3 rings (SSSR count). The molecule has 96 valence electrons. The van der Waals surface area contributed by atoms with Gasteiger partial charge < -0.3 is 15.5 Å². The zero-order chi connectivity index (χ0) is 13.4. The van der Waals surface area contributed by atoms with Gasteiger partial charge in [-0.25, -0.2) is 9.78 Å². The second-order valence-corrected chi connectivity index (χ2v) is 4.23. The predicted octanol–water partition coefficient (Wildman–Crippen LogP) is 2.47. The summed E-state index contributed by atoms with van der Waals surface area (Å²) >= 11 is 0. The zero-order valence-corrected chi connectivity index (χ0v) is 10.4. The second kappa shape index (κ2) is 4.28. The average Bonchev–Trinajstić information content (AvgIpc) is 2.77. The molecule has 2 heterocycles.